The molecule has 0 heterocycles. The third-order valence-electron chi connectivity index (χ3n) is 2.70. The van der Waals surface area contributed by atoms with Gasteiger partial charge in [0.05, 0.1) is 12.5 Å². The van der Waals surface area contributed by atoms with Crippen LogP contribution in [-0.4, -0.2) is 34.5 Å². The van der Waals surface area contributed by atoms with Crippen LogP contribution in [-0.2, 0) is 9.53 Å². The summed E-state index contributed by atoms with van der Waals surface area (Å²) in [6.07, 6.45) is 6.60. The average molecular weight is 251 g/mol. The third kappa shape index (κ3) is 4.06. The molecule has 1 atom stereocenters. The summed E-state index contributed by atoms with van der Waals surface area (Å²) in [7, 11) is 0. The van der Waals surface area contributed by atoms with E-state index in [2.05, 4.69) is 5.92 Å². The molecule has 0 radical (unpaired) electrons. The smallest absolute Gasteiger partial charge is 0.411 e. The molecular formula is C14H21NO3. The minimum atomic E-state index is -0.556. The summed E-state index contributed by atoms with van der Waals surface area (Å²) in [5.41, 5.74) is -0.556. The molecule has 0 aliphatic heterocycles. The van der Waals surface area contributed by atoms with Crippen LogP contribution in [0.25, 0.3) is 0 Å². The van der Waals surface area contributed by atoms with Crippen molar-refractivity contribution in [1.29, 1.82) is 0 Å². The number of terminal acetylenes is 1. The second-order valence-corrected chi connectivity index (χ2v) is 5.64. The van der Waals surface area contributed by atoms with Crippen LogP contribution in [0.15, 0.2) is 0 Å². The largest absolute Gasteiger partial charge is 0.444 e. The molecular weight excluding hydrogens is 230 g/mol. The number of amides is 1. The Morgan fingerprint density at radius 3 is 2.39 bits per heavy atom. The SMILES string of the molecule is C#CCC(=O)C(C)N(C(=O)OC(C)(C)C)C1CC1. The molecule has 0 aromatic carbocycles. The van der Waals surface area contributed by atoms with E-state index in [1.807, 2.05) is 20.8 Å². The fourth-order valence-corrected chi connectivity index (χ4v) is 1.69. The van der Waals surface area contributed by atoms with Crippen LogP contribution in [0, 0.1) is 12.3 Å². The van der Waals surface area contributed by atoms with Gasteiger partial charge >= 0.3 is 6.09 Å². The molecule has 0 saturated heterocycles. The van der Waals surface area contributed by atoms with Gasteiger partial charge in [-0.25, -0.2) is 4.79 Å². The fraction of sp³-hybridized carbons (Fsp3) is 0.714. The molecule has 4 nitrogen and oxygen atoms in total. The first kappa shape index (κ1) is 14.6. The van der Waals surface area contributed by atoms with E-state index in [0.29, 0.717) is 0 Å². The monoisotopic (exact) mass is 251 g/mol. The van der Waals surface area contributed by atoms with Crippen molar-refractivity contribution in [2.45, 2.75) is 64.6 Å². The lowest BCUT2D eigenvalue weighted by Gasteiger charge is -2.30. The molecule has 1 saturated carbocycles. The number of rotatable bonds is 4. The molecule has 1 aliphatic rings. The minimum absolute atomic E-state index is 0.0488. The molecule has 0 spiro atoms. The first-order valence-corrected chi connectivity index (χ1v) is 6.23. The summed E-state index contributed by atoms with van der Waals surface area (Å²) in [4.78, 5) is 25.4. The Balaban J connectivity index is 2.74. The van der Waals surface area contributed by atoms with Gasteiger partial charge in [0.2, 0.25) is 0 Å². The predicted octanol–water partition coefficient (Wildman–Crippen LogP) is 2.37. The van der Waals surface area contributed by atoms with Crippen molar-refractivity contribution < 1.29 is 14.3 Å². The van der Waals surface area contributed by atoms with Crippen molar-refractivity contribution in [3.63, 3.8) is 0 Å². The van der Waals surface area contributed by atoms with Gasteiger partial charge in [0.25, 0.3) is 0 Å². The summed E-state index contributed by atoms with van der Waals surface area (Å²) in [6, 6.07) is -0.389. The molecule has 4 heteroatoms. The first-order chi connectivity index (χ1) is 8.26. The van der Waals surface area contributed by atoms with E-state index >= 15 is 0 Å². The molecule has 0 N–H and O–H groups in total. The normalized spacial score (nSPS) is 16.6. The summed E-state index contributed by atoms with van der Waals surface area (Å²) >= 11 is 0. The van der Waals surface area contributed by atoms with Crippen molar-refractivity contribution in [3.8, 4) is 12.3 Å². The molecule has 18 heavy (non-hydrogen) atoms. The van der Waals surface area contributed by atoms with Gasteiger partial charge in [-0.2, -0.15) is 0 Å². The fourth-order valence-electron chi connectivity index (χ4n) is 1.69. The topological polar surface area (TPSA) is 46.6 Å². The highest BCUT2D eigenvalue weighted by Gasteiger charge is 2.40. The maximum atomic E-state index is 12.1. The Bertz CT molecular complexity index is 371. The van der Waals surface area contributed by atoms with Gasteiger partial charge < -0.3 is 4.74 Å². The van der Waals surface area contributed by atoms with E-state index < -0.39 is 17.7 Å². The lowest BCUT2D eigenvalue weighted by Crippen LogP contribution is -2.46. The number of carbonyl (C=O) groups is 2. The molecule has 0 aromatic rings. The van der Waals surface area contributed by atoms with E-state index in [1.165, 1.54) is 4.90 Å². The van der Waals surface area contributed by atoms with E-state index in [9.17, 15) is 9.59 Å². The number of nitrogens with zero attached hydrogens (tertiary/aromatic N) is 1. The molecule has 1 amide bonds. The van der Waals surface area contributed by atoms with Gasteiger partial charge in [0.15, 0.2) is 5.78 Å². The second kappa shape index (κ2) is 5.43. The van der Waals surface area contributed by atoms with Crippen molar-refractivity contribution in [2.75, 3.05) is 0 Å². The van der Waals surface area contributed by atoms with Crippen LogP contribution in [0.1, 0.15) is 47.0 Å². The molecule has 1 aliphatic carbocycles. The number of hydrogen-bond donors (Lipinski definition) is 0. The van der Waals surface area contributed by atoms with Crippen LogP contribution in [0.4, 0.5) is 4.79 Å². The number of ether oxygens (including phenoxy) is 1. The Kier molecular flexibility index (Phi) is 4.39. The molecule has 0 aromatic heterocycles. The maximum absolute atomic E-state index is 12.1. The summed E-state index contributed by atoms with van der Waals surface area (Å²) in [5.74, 6) is 2.21. The van der Waals surface area contributed by atoms with E-state index in [1.54, 1.807) is 6.92 Å². The average Bonchev–Trinajstić information content (AvgIpc) is 2.99. The predicted molar refractivity (Wildman–Crippen MR) is 69.0 cm³/mol. The van der Waals surface area contributed by atoms with Gasteiger partial charge in [-0.15, -0.1) is 6.42 Å². The summed E-state index contributed by atoms with van der Waals surface area (Å²) in [5, 5.41) is 0. The molecule has 100 valence electrons. The van der Waals surface area contributed by atoms with E-state index in [4.69, 9.17) is 11.2 Å². The lowest BCUT2D eigenvalue weighted by atomic mass is 10.1. The van der Waals surface area contributed by atoms with Crippen molar-refractivity contribution in [3.05, 3.63) is 0 Å². The first-order valence-electron chi connectivity index (χ1n) is 6.23. The van der Waals surface area contributed by atoms with Crippen LogP contribution in [0.5, 0.6) is 0 Å². The Morgan fingerprint density at radius 2 is 2.00 bits per heavy atom. The molecule has 1 unspecified atom stereocenters. The van der Waals surface area contributed by atoms with Crippen molar-refractivity contribution in [1.82, 2.24) is 4.90 Å². The zero-order valence-corrected chi connectivity index (χ0v) is 11.5. The van der Waals surface area contributed by atoms with Gasteiger partial charge in [0, 0.05) is 6.04 Å². The molecule has 1 fully saturated rings. The standard InChI is InChI=1S/C14H21NO3/c1-6-7-12(16)10(2)15(11-8-9-11)13(17)18-14(3,4)5/h1,10-11H,7-9H2,2-5H3. The van der Waals surface area contributed by atoms with Crippen LogP contribution in [0.3, 0.4) is 0 Å². The number of ketones is 1. The number of carbonyl (C=O) groups excluding carboxylic acids is 2. The van der Waals surface area contributed by atoms with Gasteiger partial charge in [-0.3, -0.25) is 9.69 Å². The zero-order valence-electron chi connectivity index (χ0n) is 11.5. The Hall–Kier alpha value is -1.50. The van der Waals surface area contributed by atoms with E-state index in [0.717, 1.165) is 12.8 Å². The quantitative estimate of drug-likeness (QED) is 0.721. The van der Waals surface area contributed by atoms with Crippen molar-refractivity contribution in [2.24, 2.45) is 0 Å². The third-order valence-corrected chi connectivity index (χ3v) is 2.70. The highest BCUT2D eigenvalue weighted by molar-refractivity contribution is 5.88. The Labute approximate surface area is 109 Å². The van der Waals surface area contributed by atoms with E-state index in [-0.39, 0.29) is 18.2 Å². The van der Waals surface area contributed by atoms with Crippen molar-refractivity contribution >= 4 is 11.9 Å². The second-order valence-electron chi connectivity index (χ2n) is 5.64. The van der Waals surface area contributed by atoms with Crippen LogP contribution >= 0.6 is 0 Å². The Morgan fingerprint density at radius 1 is 1.44 bits per heavy atom. The van der Waals surface area contributed by atoms with Gasteiger partial charge in [0.1, 0.15) is 5.60 Å². The summed E-state index contributed by atoms with van der Waals surface area (Å²) < 4.78 is 5.33. The highest BCUT2D eigenvalue weighted by Crippen LogP contribution is 2.30. The van der Waals surface area contributed by atoms with Crippen LogP contribution < -0.4 is 0 Å². The van der Waals surface area contributed by atoms with Gasteiger partial charge in [-0.05, 0) is 40.5 Å². The zero-order chi connectivity index (χ0) is 13.9. The van der Waals surface area contributed by atoms with Gasteiger partial charge in [-0.1, -0.05) is 5.92 Å². The maximum Gasteiger partial charge on any atom is 0.411 e. The lowest BCUT2D eigenvalue weighted by molar-refractivity contribution is -0.123. The number of hydrogen-bond acceptors (Lipinski definition) is 3. The molecule has 1 rings (SSSR count). The van der Waals surface area contributed by atoms with Crippen LogP contribution in [0.2, 0.25) is 0 Å². The minimum Gasteiger partial charge on any atom is -0.444 e. The highest BCUT2D eigenvalue weighted by atomic mass is 16.6. The number of Topliss-reactive ketones (excluding diaryl/α,β-unsaturated/α-hetero) is 1. The molecule has 0 bridgehead atoms. The summed E-state index contributed by atoms with van der Waals surface area (Å²) in [6.45, 7) is 7.14.